The first-order valence-corrected chi connectivity index (χ1v) is 16.9. The summed E-state index contributed by atoms with van der Waals surface area (Å²) in [6, 6.07) is 59.5. The Hall–Kier alpha value is -6.72. The van der Waals surface area contributed by atoms with Crippen LogP contribution in [-0.2, 0) is 0 Å². The van der Waals surface area contributed by atoms with Crippen molar-refractivity contribution in [2.24, 2.45) is 4.99 Å². The predicted octanol–water partition coefficient (Wildman–Crippen LogP) is 8.93. The molecule has 10 rings (SSSR count). The molecule has 9 aromatic rings. The number of amidine groups is 2. The summed E-state index contributed by atoms with van der Waals surface area (Å²) in [6.45, 7) is 0. The van der Waals surface area contributed by atoms with Gasteiger partial charge < -0.3 is 14.3 Å². The molecule has 3 heterocycles. The fourth-order valence-corrected chi connectivity index (χ4v) is 7.35. The van der Waals surface area contributed by atoms with Crippen LogP contribution in [-0.4, -0.2) is 16.2 Å². The number of para-hydroxylation sites is 3. The first kappa shape index (κ1) is 28.3. The van der Waals surface area contributed by atoms with E-state index >= 15 is 0 Å². The average Bonchev–Trinajstić information content (AvgIpc) is 3.74. The molecule has 5 nitrogen and oxygen atoms in total. The molecule has 1 aliphatic rings. The normalized spacial score (nSPS) is 14.6. The molecule has 0 radical (unpaired) electrons. The van der Waals surface area contributed by atoms with E-state index in [2.05, 4.69) is 148 Å². The lowest BCUT2D eigenvalue weighted by atomic mass is 10.0. The minimum absolute atomic E-state index is 0.115. The molecule has 0 saturated carbocycles. The number of benzene rings is 7. The summed E-state index contributed by atoms with van der Waals surface area (Å²) in [5.41, 5.74) is 10.7. The summed E-state index contributed by atoms with van der Waals surface area (Å²) in [5, 5.41) is 8.33. The minimum atomic E-state index is -0.115. The van der Waals surface area contributed by atoms with E-state index in [1.165, 1.54) is 10.8 Å². The Balaban J connectivity index is 1.06. The number of hydrogen-bond acceptors (Lipinski definition) is 3. The molecule has 2 aromatic heterocycles. The van der Waals surface area contributed by atoms with Gasteiger partial charge in [0.05, 0.1) is 16.6 Å². The van der Waals surface area contributed by atoms with Gasteiger partial charge in [0.2, 0.25) is 0 Å². The van der Waals surface area contributed by atoms with Crippen LogP contribution < -0.4 is 10.3 Å². The van der Waals surface area contributed by atoms with Crippen molar-refractivity contribution >= 4 is 55.4 Å². The zero-order chi connectivity index (χ0) is 33.0. The summed E-state index contributed by atoms with van der Waals surface area (Å²) >= 11 is 0. The van der Waals surface area contributed by atoms with Crippen molar-refractivity contribution in [1.82, 2.24) is 9.88 Å². The molecular formula is C45H31N4O+. The molecule has 0 spiro atoms. The van der Waals surface area contributed by atoms with Gasteiger partial charge in [-0.3, -0.25) is 0 Å². The quantitative estimate of drug-likeness (QED) is 0.197. The molecule has 0 fully saturated rings. The zero-order valence-electron chi connectivity index (χ0n) is 27.0. The van der Waals surface area contributed by atoms with Crippen LogP contribution in [0.1, 0.15) is 22.9 Å². The third-order valence-electron chi connectivity index (χ3n) is 9.75. The predicted molar refractivity (Wildman–Crippen MR) is 204 cm³/mol. The molecule has 0 bridgehead atoms. The van der Waals surface area contributed by atoms with Crippen molar-refractivity contribution in [3.63, 3.8) is 0 Å². The topological polar surface area (TPSA) is 56.4 Å². The van der Waals surface area contributed by atoms with Crippen LogP contribution in [0.2, 0.25) is 0 Å². The Morgan fingerprint density at radius 1 is 0.540 bits per heavy atom. The smallest absolute Gasteiger partial charge is 0.328 e. The number of rotatable bonds is 5. The molecule has 1 unspecified atom stereocenters. The van der Waals surface area contributed by atoms with Crippen LogP contribution in [0.4, 0.5) is 0 Å². The summed E-state index contributed by atoms with van der Waals surface area (Å²) in [5.74, 6) is 1.67. The maximum Gasteiger partial charge on any atom is 0.328 e. The van der Waals surface area contributed by atoms with Crippen LogP contribution in [0.5, 0.6) is 0 Å². The second-order valence-electron chi connectivity index (χ2n) is 12.7. The molecule has 2 N–H and O–H groups in total. The van der Waals surface area contributed by atoms with Crippen LogP contribution in [0.15, 0.2) is 179 Å². The van der Waals surface area contributed by atoms with Gasteiger partial charge in [-0.1, -0.05) is 109 Å². The number of furan rings is 1. The van der Waals surface area contributed by atoms with Gasteiger partial charge in [0.25, 0.3) is 5.84 Å². The molecule has 1 aliphatic heterocycles. The Morgan fingerprint density at radius 2 is 1.22 bits per heavy atom. The summed E-state index contributed by atoms with van der Waals surface area (Å²) in [6.07, 6.45) is -0.115. The van der Waals surface area contributed by atoms with E-state index in [0.29, 0.717) is 0 Å². The van der Waals surface area contributed by atoms with E-state index in [-0.39, 0.29) is 6.17 Å². The summed E-state index contributed by atoms with van der Waals surface area (Å²) in [7, 11) is 0. The molecule has 50 heavy (non-hydrogen) atoms. The van der Waals surface area contributed by atoms with E-state index in [1.807, 2.05) is 36.4 Å². The van der Waals surface area contributed by atoms with Gasteiger partial charge in [0, 0.05) is 43.9 Å². The van der Waals surface area contributed by atoms with E-state index in [4.69, 9.17) is 9.41 Å². The molecule has 5 heteroatoms. The standard InChI is InChI=1S/C45H30N4O/c1-3-12-29(13-4-1)43-46-44(30-14-5-2-6-15-30)48-45(47-43)31-22-25-33(26-23-31)49-39-20-9-7-16-35(39)38-28-32(24-27-40(38)49)34-18-11-19-37-36-17-8-10-21-41(36)50-42(34)37/h1-28,43H,(H,46,47,48)/p+1. The van der Waals surface area contributed by atoms with Gasteiger partial charge in [-0.05, 0) is 71.2 Å². The van der Waals surface area contributed by atoms with Crippen molar-refractivity contribution in [2.45, 2.75) is 6.17 Å². The average molecular weight is 644 g/mol. The highest BCUT2D eigenvalue weighted by molar-refractivity contribution is 6.14. The van der Waals surface area contributed by atoms with Crippen molar-refractivity contribution in [3.05, 3.63) is 187 Å². The molecule has 1 atom stereocenters. The molecule has 236 valence electrons. The van der Waals surface area contributed by atoms with Crippen molar-refractivity contribution in [3.8, 4) is 16.8 Å². The van der Waals surface area contributed by atoms with E-state index in [1.54, 1.807) is 0 Å². The largest absolute Gasteiger partial charge is 0.455 e. The summed E-state index contributed by atoms with van der Waals surface area (Å²) in [4.78, 5) is 8.66. The van der Waals surface area contributed by atoms with Crippen LogP contribution in [0.25, 0.3) is 60.6 Å². The highest BCUT2D eigenvalue weighted by Gasteiger charge is 2.27. The first-order chi connectivity index (χ1) is 24.8. The maximum atomic E-state index is 6.41. The monoisotopic (exact) mass is 643 g/mol. The highest BCUT2D eigenvalue weighted by Crippen LogP contribution is 2.39. The van der Waals surface area contributed by atoms with Gasteiger partial charge in [-0.15, -0.1) is 0 Å². The van der Waals surface area contributed by atoms with Crippen molar-refractivity contribution in [1.29, 1.82) is 0 Å². The van der Waals surface area contributed by atoms with Crippen LogP contribution >= 0.6 is 0 Å². The van der Waals surface area contributed by atoms with E-state index in [9.17, 15) is 0 Å². The Kier molecular flexibility index (Phi) is 6.49. The SMILES string of the molecule is c1ccc(C2=[NH+]C(c3ccccc3)NC(c3ccc(-n4c5ccccc5c5cc(-c6cccc7c6oc6ccccc67)ccc54)cc3)=N2)cc1. The van der Waals surface area contributed by atoms with Crippen LogP contribution in [0, 0.1) is 0 Å². The summed E-state index contributed by atoms with van der Waals surface area (Å²) < 4.78 is 8.76. The Morgan fingerprint density at radius 3 is 2.06 bits per heavy atom. The number of aliphatic imine (C=N–C) groups is 1. The molecule has 0 amide bonds. The molecular weight excluding hydrogens is 613 g/mol. The fourth-order valence-electron chi connectivity index (χ4n) is 7.35. The lowest BCUT2D eigenvalue weighted by molar-refractivity contribution is -0.516. The highest BCUT2D eigenvalue weighted by atomic mass is 16.3. The van der Waals surface area contributed by atoms with Gasteiger partial charge in [-0.25, -0.2) is 4.99 Å². The lowest BCUT2D eigenvalue weighted by Crippen LogP contribution is -2.80. The van der Waals surface area contributed by atoms with Gasteiger partial charge in [0.1, 0.15) is 11.2 Å². The van der Waals surface area contributed by atoms with Gasteiger partial charge in [0.15, 0.2) is 6.17 Å². The van der Waals surface area contributed by atoms with Crippen molar-refractivity contribution < 1.29 is 9.41 Å². The number of fused-ring (bicyclic) bond motifs is 6. The lowest BCUT2D eigenvalue weighted by Gasteiger charge is -2.18. The third-order valence-corrected chi connectivity index (χ3v) is 9.75. The van der Waals surface area contributed by atoms with E-state index in [0.717, 1.165) is 78.1 Å². The maximum absolute atomic E-state index is 6.41. The third kappa shape index (κ3) is 4.63. The van der Waals surface area contributed by atoms with Gasteiger partial charge >= 0.3 is 5.84 Å². The Bertz CT molecular complexity index is 2770. The molecule has 0 aliphatic carbocycles. The molecule has 7 aromatic carbocycles. The van der Waals surface area contributed by atoms with E-state index < -0.39 is 0 Å². The zero-order valence-corrected chi connectivity index (χ0v) is 27.0. The second-order valence-corrected chi connectivity index (χ2v) is 12.7. The Labute approximate surface area is 288 Å². The second kappa shape index (κ2) is 11.5. The number of hydrogen-bond donors (Lipinski definition) is 2. The van der Waals surface area contributed by atoms with Crippen LogP contribution in [0.3, 0.4) is 0 Å². The minimum Gasteiger partial charge on any atom is -0.455 e. The molecule has 0 saturated heterocycles. The van der Waals surface area contributed by atoms with Gasteiger partial charge in [-0.2, -0.15) is 0 Å². The fraction of sp³-hybridized carbons (Fsp3) is 0.0222. The number of nitrogens with one attached hydrogen (secondary N) is 2. The first-order valence-electron chi connectivity index (χ1n) is 16.9. The van der Waals surface area contributed by atoms with Crippen molar-refractivity contribution in [2.75, 3.05) is 0 Å². The number of nitrogens with zero attached hydrogens (tertiary/aromatic N) is 2. The number of aromatic nitrogens is 1.